The number of hydrogen-bond acceptors (Lipinski definition) is 4. The lowest BCUT2D eigenvalue weighted by molar-refractivity contribution is -0.146. The molecule has 7 heteroatoms. The Balaban J connectivity index is 0.00000182. The molecule has 1 N–H and O–H groups in total. The van der Waals surface area contributed by atoms with Crippen LogP contribution in [0.25, 0.3) is 0 Å². The highest BCUT2D eigenvalue weighted by atomic mass is 35.5. The van der Waals surface area contributed by atoms with Crippen molar-refractivity contribution >= 4 is 24.2 Å². The van der Waals surface area contributed by atoms with Gasteiger partial charge >= 0.3 is 0 Å². The Labute approximate surface area is 153 Å². The summed E-state index contributed by atoms with van der Waals surface area (Å²) < 4.78 is 5.15. The van der Waals surface area contributed by atoms with Crippen LogP contribution in [0.1, 0.15) is 5.56 Å². The van der Waals surface area contributed by atoms with Gasteiger partial charge in [-0.15, -0.1) is 12.4 Å². The predicted molar refractivity (Wildman–Crippen MR) is 95.6 cm³/mol. The summed E-state index contributed by atoms with van der Waals surface area (Å²) in [7, 11) is 1.64. The molecule has 2 aliphatic heterocycles. The summed E-state index contributed by atoms with van der Waals surface area (Å²) in [5.74, 6) is 2.20. The van der Waals surface area contributed by atoms with Gasteiger partial charge in [0.05, 0.1) is 13.7 Å². The monoisotopic (exact) mass is 365 g/mol. The zero-order valence-electron chi connectivity index (χ0n) is 14.3. The Morgan fingerprint density at radius 2 is 1.88 bits per heavy atom. The summed E-state index contributed by atoms with van der Waals surface area (Å²) in [6, 6.07) is 7.75. The fourth-order valence-corrected chi connectivity index (χ4v) is 4.01. The predicted octanol–water partition coefficient (Wildman–Crippen LogP) is 0.753. The van der Waals surface area contributed by atoms with Crippen LogP contribution in [0, 0.1) is 17.8 Å². The van der Waals surface area contributed by atoms with Crippen molar-refractivity contribution in [1.82, 2.24) is 15.1 Å². The fraction of sp³-hybridized carbons (Fsp3) is 0.556. The molecule has 6 nitrogen and oxygen atoms in total. The van der Waals surface area contributed by atoms with Gasteiger partial charge in [-0.1, -0.05) is 12.1 Å². The standard InChI is InChI=1S/C18H23N3O3.ClH/c1-24-13-4-2-12(3-5-13)10-20-6-7-21(11-16(20)22)18(23)17-14-8-19-9-15(14)17;/h2-5,14-15,17,19H,6-11H2,1H3;1H/t14-,15+,17?;. The van der Waals surface area contributed by atoms with E-state index in [1.54, 1.807) is 12.0 Å². The van der Waals surface area contributed by atoms with E-state index in [1.165, 1.54) is 0 Å². The van der Waals surface area contributed by atoms with E-state index in [0.29, 0.717) is 31.5 Å². The van der Waals surface area contributed by atoms with E-state index in [1.807, 2.05) is 29.2 Å². The smallest absolute Gasteiger partial charge is 0.242 e. The molecule has 1 saturated carbocycles. The largest absolute Gasteiger partial charge is 0.497 e. The molecule has 2 saturated heterocycles. The summed E-state index contributed by atoms with van der Waals surface area (Å²) in [6.45, 7) is 3.96. The highest BCUT2D eigenvalue weighted by Gasteiger charge is 2.58. The van der Waals surface area contributed by atoms with Crippen LogP contribution in [0.4, 0.5) is 0 Å². The van der Waals surface area contributed by atoms with Crippen molar-refractivity contribution in [2.24, 2.45) is 17.8 Å². The highest BCUT2D eigenvalue weighted by Crippen LogP contribution is 2.49. The number of piperazine rings is 1. The summed E-state index contributed by atoms with van der Waals surface area (Å²) in [6.07, 6.45) is 0. The van der Waals surface area contributed by atoms with Crippen LogP contribution in [-0.4, -0.2) is 61.4 Å². The van der Waals surface area contributed by atoms with E-state index in [2.05, 4.69) is 5.32 Å². The van der Waals surface area contributed by atoms with E-state index in [9.17, 15) is 9.59 Å². The Bertz CT molecular complexity index is 641. The van der Waals surface area contributed by atoms with Crippen LogP contribution < -0.4 is 10.1 Å². The molecule has 25 heavy (non-hydrogen) atoms. The van der Waals surface area contributed by atoms with Crippen LogP contribution in [0.5, 0.6) is 5.75 Å². The van der Waals surface area contributed by atoms with Crippen molar-refractivity contribution in [2.75, 3.05) is 39.8 Å². The Morgan fingerprint density at radius 3 is 2.48 bits per heavy atom. The average molecular weight is 366 g/mol. The van der Waals surface area contributed by atoms with E-state index < -0.39 is 0 Å². The van der Waals surface area contributed by atoms with Gasteiger partial charge in [0, 0.05) is 25.6 Å². The summed E-state index contributed by atoms with van der Waals surface area (Å²) in [4.78, 5) is 28.6. The first-order valence-electron chi connectivity index (χ1n) is 8.57. The van der Waals surface area contributed by atoms with Crippen molar-refractivity contribution in [3.05, 3.63) is 29.8 Å². The number of methoxy groups -OCH3 is 1. The molecular weight excluding hydrogens is 342 g/mol. The maximum absolute atomic E-state index is 12.6. The second kappa shape index (κ2) is 7.22. The third kappa shape index (κ3) is 3.46. The van der Waals surface area contributed by atoms with Gasteiger partial charge in [-0.05, 0) is 42.6 Å². The molecule has 4 rings (SSSR count). The number of rotatable bonds is 4. The molecule has 0 radical (unpaired) electrons. The van der Waals surface area contributed by atoms with Gasteiger partial charge in [0.25, 0.3) is 0 Å². The van der Waals surface area contributed by atoms with Crippen molar-refractivity contribution in [3.63, 3.8) is 0 Å². The zero-order valence-corrected chi connectivity index (χ0v) is 15.1. The van der Waals surface area contributed by atoms with Crippen molar-refractivity contribution in [1.29, 1.82) is 0 Å². The summed E-state index contributed by atoms with van der Waals surface area (Å²) >= 11 is 0. The number of benzene rings is 1. The van der Waals surface area contributed by atoms with Gasteiger partial charge in [0.1, 0.15) is 5.75 Å². The van der Waals surface area contributed by atoms with Crippen molar-refractivity contribution in [2.45, 2.75) is 6.54 Å². The van der Waals surface area contributed by atoms with Crippen LogP contribution >= 0.6 is 12.4 Å². The van der Waals surface area contributed by atoms with Gasteiger partial charge in [-0.2, -0.15) is 0 Å². The number of carbonyl (C=O) groups excluding carboxylic acids is 2. The van der Waals surface area contributed by atoms with Crippen molar-refractivity contribution < 1.29 is 14.3 Å². The third-order valence-corrected chi connectivity index (χ3v) is 5.54. The number of amides is 2. The summed E-state index contributed by atoms with van der Waals surface area (Å²) in [5.41, 5.74) is 1.08. The molecule has 0 aromatic heterocycles. The maximum atomic E-state index is 12.6. The van der Waals surface area contributed by atoms with Crippen LogP contribution in [0.2, 0.25) is 0 Å². The summed E-state index contributed by atoms with van der Waals surface area (Å²) in [5, 5.41) is 3.31. The average Bonchev–Trinajstić information content (AvgIpc) is 3.08. The Morgan fingerprint density at radius 1 is 1.20 bits per heavy atom. The minimum Gasteiger partial charge on any atom is -0.497 e. The number of piperidine rings is 1. The number of hydrogen-bond donors (Lipinski definition) is 1. The van der Waals surface area contributed by atoms with E-state index in [0.717, 1.165) is 24.4 Å². The number of ether oxygens (including phenoxy) is 1. The minimum atomic E-state index is 0. The minimum absolute atomic E-state index is 0. The first kappa shape index (κ1) is 18.0. The number of nitrogens with one attached hydrogen (secondary N) is 1. The molecular formula is C18H24ClN3O3. The molecule has 2 amide bonds. The lowest BCUT2D eigenvalue weighted by Gasteiger charge is -2.34. The fourth-order valence-electron chi connectivity index (χ4n) is 4.01. The molecule has 0 spiro atoms. The quantitative estimate of drug-likeness (QED) is 0.855. The van der Waals surface area contributed by atoms with Gasteiger partial charge in [0.2, 0.25) is 11.8 Å². The van der Waals surface area contributed by atoms with Crippen LogP contribution in [-0.2, 0) is 16.1 Å². The molecule has 2 heterocycles. The van der Waals surface area contributed by atoms with Crippen LogP contribution in [0.15, 0.2) is 24.3 Å². The van der Waals surface area contributed by atoms with E-state index in [-0.39, 0.29) is 36.7 Å². The first-order valence-corrected chi connectivity index (χ1v) is 8.57. The van der Waals surface area contributed by atoms with Gasteiger partial charge in [-0.3, -0.25) is 9.59 Å². The second-order valence-electron chi connectivity index (χ2n) is 6.93. The Hall–Kier alpha value is -1.79. The normalized spacial score (nSPS) is 27.6. The number of carbonyl (C=O) groups is 2. The molecule has 0 bridgehead atoms. The molecule has 136 valence electrons. The molecule has 3 fully saturated rings. The lowest BCUT2D eigenvalue weighted by atomic mass is 10.1. The topological polar surface area (TPSA) is 61.9 Å². The second-order valence-corrected chi connectivity index (χ2v) is 6.93. The zero-order chi connectivity index (χ0) is 16.7. The molecule has 1 unspecified atom stereocenters. The number of fused-ring (bicyclic) bond motifs is 1. The van der Waals surface area contributed by atoms with Gasteiger partial charge in [-0.25, -0.2) is 0 Å². The third-order valence-electron chi connectivity index (χ3n) is 5.54. The van der Waals surface area contributed by atoms with Gasteiger partial charge in [0.15, 0.2) is 0 Å². The van der Waals surface area contributed by atoms with Crippen molar-refractivity contribution in [3.8, 4) is 5.75 Å². The van der Waals surface area contributed by atoms with E-state index in [4.69, 9.17) is 4.74 Å². The van der Waals surface area contributed by atoms with E-state index >= 15 is 0 Å². The molecule has 1 aliphatic carbocycles. The molecule has 1 aromatic carbocycles. The molecule has 3 aliphatic rings. The molecule has 3 atom stereocenters. The highest BCUT2D eigenvalue weighted by molar-refractivity contribution is 5.89. The van der Waals surface area contributed by atoms with Crippen LogP contribution in [0.3, 0.4) is 0 Å². The molecule has 1 aromatic rings. The lowest BCUT2D eigenvalue weighted by Crippen LogP contribution is -2.52. The Kier molecular flexibility index (Phi) is 5.20. The number of nitrogens with zero attached hydrogens (tertiary/aromatic N) is 2. The number of halogens is 1. The van der Waals surface area contributed by atoms with Gasteiger partial charge < -0.3 is 19.9 Å². The first-order chi connectivity index (χ1) is 11.7. The SMILES string of the molecule is COc1ccc(CN2CCN(C(=O)C3[C@H]4CNC[C@@H]34)CC2=O)cc1.Cl. The maximum Gasteiger partial charge on any atom is 0.242 e.